The van der Waals surface area contributed by atoms with Gasteiger partial charge in [0.05, 0.1) is 16.3 Å². The number of nitrogens with one attached hydrogen (secondary N) is 1. The minimum absolute atomic E-state index is 0.0295. The molecule has 3 heterocycles. The Morgan fingerprint density at radius 3 is 2.48 bits per heavy atom. The molecule has 1 aliphatic heterocycles. The SMILES string of the molecule is O=C1NC(=O)/C(=C/c2c(-c3ccc(Br)cc3)nc3sc(C(F)(F)F)nn23)S1. The van der Waals surface area contributed by atoms with Gasteiger partial charge in [0, 0.05) is 10.0 Å². The van der Waals surface area contributed by atoms with Crippen LogP contribution in [0.15, 0.2) is 33.6 Å². The van der Waals surface area contributed by atoms with Crippen molar-refractivity contribution in [1.82, 2.24) is 19.9 Å². The van der Waals surface area contributed by atoms with Gasteiger partial charge in [0.2, 0.25) is 9.97 Å². The van der Waals surface area contributed by atoms with Gasteiger partial charge in [0.25, 0.3) is 11.1 Å². The van der Waals surface area contributed by atoms with E-state index < -0.39 is 22.3 Å². The molecule has 0 unspecified atom stereocenters. The first-order chi connectivity index (χ1) is 12.7. The number of amides is 2. The molecule has 1 aromatic carbocycles. The van der Waals surface area contributed by atoms with Crippen molar-refractivity contribution in [2.75, 3.05) is 0 Å². The van der Waals surface area contributed by atoms with E-state index in [1.165, 1.54) is 6.08 Å². The summed E-state index contributed by atoms with van der Waals surface area (Å²) in [4.78, 5) is 27.6. The van der Waals surface area contributed by atoms with Crippen LogP contribution in [0.25, 0.3) is 22.3 Å². The number of halogens is 4. The van der Waals surface area contributed by atoms with E-state index in [2.05, 4.69) is 31.3 Å². The lowest BCUT2D eigenvalue weighted by atomic mass is 10.1. The van der Waals surface area contributed by atoms with Crippen LogP contribution in [0, 0.1) is 0 Å². The van der Waals surface area contributed by atoms with Crippen LogP contribution < -0.4 is 5.32 Å². The summed E-state index contributed by atoms with van der Waals surface area (Å²) < 4.78 is 40.8. The Hall–Kier alpha value is -2.18. The summed E-state index contributed by atoms with van der Waals surface area (Å²) in [5.74, 6) is -0.618. The lowest BCUT2D eigenvalue weighted by Crippen LogP contribution is -2.17. The minimum Gasteiger partial charge on any atom is -0.282 e. The maximum atomic E-state index is 13.0. The third kappa shape index (κ3) is 3.39. The lowest BCUT2D eigenvalue weighted by molar-refractivity contribution is -0.138. The van der Waals surface area contributed by atoms with Crippen LogP contribution in [0.3, 0.4) is 0 Å². The van der Waals surface area contributed by atoms with Crippen LogP contribution >= 0.6 is 39.0 Å². The highest BCUT2D eigenvalue weighted by Gasteiger charge is 2.37. The first-order valence-electron chi connectivity index (χ1n) is 7.20. The highest BCUT2D eigenvalue weighted by Crippen LogP contribution is 2.37. The number of alkyl halides is 3. The molecule has 138 valence electrons. The molecule has 0 saturated carbocycles. The third-order valence-corrected chi connectivity index (χ3v) is 5.80. The van der Waals surface area contributed by atoms with Gasteiger partial charge in [-0.25, -0.2) is 9.50 Å². The summed E-state index contributed by atoms with van der Waals surface area (Å²) in [5, 5.41) is 4.11. The van der Waals surface area contributed by atoms with Crippen LogP contribution in [-0.2, 0) is 11.0 Å². The number of benzene rings is 1. The van der Waals surface area contributed by atoms with Crippen molar-refractivity contribution < 1.29 is 22.8 Å². The highest BCUT2D eigenvalue weighted by atomic mass is 79.9. The van der Waals surface area contributed by atoms with Gasteiger partial charge < -0.3 is 0 Å². The van der Waals surface area contributed by atoms with Crippen molar-refractivity contribution >= 4 is 61.2 Å². The van der Waals surface area contributed by atoms with Crippen molar-refractivity contribution in [3.63, 3.8) is 0 Å². The van der Waals surface area contributed by atoms with Crippen molar-refractivity contribution in [2.45, 2.75) is 6.18 Å². The molecule has 1 N–H and O–H groups in total. The number of hydrogen-bond acceptors (Lipinski definition) is 6. The van der Waals surface area contributed by atoms with Crippen molar-refractivity contribution in [3.05, 3.63) is 44.3 Å². The number of carbonyl (C=O) groups excluding carboxylic acids is 2. The molecule has 0 aliphatic carbocycles. The van der Waals surface area contributed by atoms with E-state index in [-0.39, 0.29) is 15.6 Å². The minimum atomic E-state index is -4.61. The van der Waals surface area contributed by atoms with Crippen molar-refractivity contribution in [2.24, 2.45) is 0 Å². The molecule has 2 aromatic heterocycles. The zero-order valence-corrected chi connectivity index (χ0v) is 16.1. The number of aromatic nitrogens is 3. The Labute approximate surface area is 165 Å². The van der Waals surface area contributed by atoms with E-state index in [4.69, 9.17) is 0 Å². The Morgan fingerprint density at radius 2 is 1.89 bits per heavy atom. The third-order valence-electron chi connectivity index (χ3n) is 3.51. The second kappa shape index (κ2) is 6.46. The van der Waals surface area contributed by atoms with E-state index >= 15 is 0 Å². The zero-order valence-electron chi connectivity index (χ0n) is 12.9. The highest BCUT2D eigenvalue weighted by molar-refractivity contribution is 9.10. The van der Waals surface area contributed by atoms with Gasteiger partial charge in [-0.3, -0.25) is 14.9 Å². The Balaban J connectivity index is 1.93. The van der Waals surface area contributed by atoms with Gasteiger partial charge in [-0.05, 0) is 30.0 Å². The van der Waals surface area contributed by atoms with Crippen molar-refractivity contribution in [3.8, 4) is 11.3 Å². The van der Waals surface area contributed by atoms with E-state index in [1.54, 1.807) is 24.3 Å². The fourth-order valence-electron chi connectivity index (χ4n) is 2.37. The average molecular weight is 475 g/mol. The molecule has 6 nitrogen and oxygen atoms in total. The first kappa shape index (κ1) is 18.2. The first-order valence-corrected chi connectivity index (χ1v) is 9.62. The normalized spacial score (nSPS) is 16.5. The van der Waals surface area contributed by atoms with Crippen LogP contribution in [-0.4, -0.2) is 25.7 Å². The fraction of sp³-hybridized carbons (Fsp3) is 0.0667. The Bertz CT molecular complexity index is 1120. The molecule has 27 heavy (non-hydrogen) atoms. The van der Waals surface area contributed by atoms with Crippen LogP contribution in [0.5, 0.6) is 0 Å². The number of hydrogen-bond donors (Lipinski definition) is 1. The molecule has 4 rings (SSSR count). The van der Waals surface area contributed by atoms with Gasteiger partial charge >= 0.3 is 6.18 Å². The number of fused-ring (bicyclic) bond motifs is 1. The fourth-order valence-corrected chi connectivity index (χ4v) is 4.07. The summed E-state index contributed by atoms with van der Waals surface area (Å²) in [6.07, 6.45) is -3.29. The van der Waals surface area contributed by atoms with E-state index in [0.717, 1.165) is 8.99 Å². The van der Waals surface area contributed by atoms with E-state index in [9.17, 15) is 22.8 Å². The van der Waals surface area contributed by atoms with Gasteiger partial charge in [0.15, 0.2) is 0 Å². The molecule has 2 amide bonds. The van der Waals surface area contributed by atoms with Gasteiger partial charge in [0.1, 0.15) is 0 Å². The summed E-state index contributed by atoms with van der Waals surface area (Å²) in [6.45, 7) is 0. The second-order valence-corrected chi connectivity index (χ2v) is 8.19. The molecular weight excluding hydrogens is 469 g/mol. The molecule has 0 atom stereocenters. The maximum absolute atomic E-state index is 13.0. The summed E-state index contributed by atoms with van der Waals surface area (Å²) in [6, 6.07) is 6.98. The van der Waals surface area contributed by atoms with Gasteiger partial charge in [-0.15, -0.1) is 5.10 Å². The number of rotatable bonds is 2. The Kier molecular flexibility index (Phi) is 4.35. The van der Waals surface area contributed by atoms with E-state index in [1.807, 2.05) is 0 Å². The monoisotopic (exact) mass is 474 g/mol. The van der Waals surface area contributed by atoms with E-state index in [0.29, 0.717) is 34.4 Å². The second-order valence-electron chi connectivity index (χ2n) is 5.30. The number of imidazole rings is 1. The number of nitrogens with zero attached hydrogens (tertiary/aromatic N) is 3. The number of thioether (sulfide) groups is 1. The summed E-state index contributed by atoms with van der Waals surface area (Å²) in [5.41, 5.74) is 1.17. The topological polar surface area (TPSA) is 76.4 Å². The largest absolute Gasteiger partial charge is 0.445 e. The summed E-state index contributed by atoms with van der Waals surface area (Å²) in [7, 11) is 0. The molecular formula is C15H6BrF3N4O2S2. The molecule has 1 fully saturated rings. The van der Waals surface area contributed by atoms with Crippen molar-refractivity contribution in [1.29, 1.82) is 0 Å². The smallest absolute Gasteiger partial charge is 0.282 e. The molecule has 1 aliphatic rings. The lowest BCUT2D eigenvalue weighted by Gasteiger charge is -2.02. The molecule has 3 aromatic rings. The van der Waals surface area contributed by atoms with Crippen LogP contribution in [0.1, 0.15) is 10.7 Å². The quantitative estimate of drug-likeness (QED) is 0.550. The standard InChI is InChI=1S/C15H6BrF3N4O2S2/c16-7-3-1-6(2-4-7)10-8(5-9-11(24)21-14(25)26-9)23-13(20-10)27-12(22-23)15(17,18)19/h1-5H,(H,21,24,25)/b9-5-. The molecule has 0 bridgehead atoms. The summed E-state index contributed by atoms with van der Waals surface area (Å²) >= 11 is 4.38. The molecule has 0 radical (unpaired) electrons. The average Bonchev–Trinajstić information content (AvgIpc) is 3.22. The number of imide groups is 1. The predicted molar refractivity (Wildman–Crippen MR) is 98.1 cm³/mol. The maximum Gasteiger partial charge on any atom is 0.445 e. The van der Waals surface area contributed by atoms with Crippen LogP contribution in [0.2, 0.25) is 0 Å². The van der Waals surface area contributed by atoms with Crippen LogP contribution in [0.4, 0.5) is 18.0 Å². The Morgan fingerprint density at radius 1 is 1.19 bits per heavy atom. The molecule has 1 saturated heterocycles. The van der Waals surface area contributed by atoms with Gasteiger partial charge in [-0.1, -0.05) is 39.4 Å². The predicted octanol–water partition coefficient (Wildman–Crippen LogP) is 4.56. The molecule has 0 spiro atoms. The number of carbonyl (C=O) groups is 2. The zero-order chi connectivity index (χ0) is 19.3. The molecule has 12 heteroatoms. The van der Waals surface area contributed by atoms with Gasteiger partial charge in [-0.2, -0.15) is 13.2 Å².